The van der Waals surface area contributed by atoms with Gasteiger partial charge in [0.1, 0.15) is 5.82 Å². The van der Waals surface area contributed by atoms with Gasteiger partial charge in [-0.05, 0) is 42.3 Å². The lowest BCUT2D eigenvalue weighted by atomic mass is 10.1. The molecule has 3 nitrogen and oxygen atoms in total. The number of anilines is 3. The van der Waals surface area contributed by atoms with Gasteiger partial charge in [-0.1, -0.05) is 51.2 Å². The Morgan fingerprint density at radius 1 is 1.00 bits per heavy atom. The summed E-state index contributed by atoms with van der Waals surface area (Å²) in [4.78, 5) is 6.13. The number of unbranched alkanes of at least 4 members (excludes halogenated alkanes) is 5. The van der Waals surface area contributed by atoms with Crippen molar-refractivity contribution in [3.63, 3.8) is 0 Å². The second kappa shape index (κ2) is 12.2. The van der Waals surface area contributed by atoms with Gasteiger partial charge in [-0.25, -0.2) is 9.37 Å². The fourth-order valence-corrected chi connectivity index (χ4v) is 4.58. The molecule has 3 rings (SSSR count). The van der Waals surface area contributed by atoms with Crippen LogP contribution in [0.25, 0.3) is 0 Å². The van der Waals surface area contributed by atoms with E-state index in [1.165, 1.54) is 48.8 Å². The van der Waals surface area contributed by atoms with E-state index in [0.717, 1.165) is 36.6 Å². The Bertz CT molecular complexity index is 1050. The second-order valence-electron chi connectivity index (χ2n) is 8.49. The first-order valence-electron chi connectivity index (χ1n) is 11.6. The van der Waals surface area contributed by atoms with Crippen LogP contribution < -0.4 is 10.2 Å². The molecule has 1 aromatic heterocycles. The molecule has 3 aromatic rings. The minimum atomic E-state index is -4.46. The van der Waals surface area contributed by atoms with E-state index in [1.54, 1.807) is 24.1 Å². The van der Waals surface area contributed by atoms with E-state index in [2.05, 4.69) is 17.2 Å². The standard InChI is InChI=1S/C26H31F4N3S/c1-3-4-5-6-7-8-14-33(2)24-13-12-21(17-23(24)26(28,29)30)31-25-32-22(18-34-25)16-19-10-9-11-20(27)15-19/h9-13,15,17-18H,3-8,14,16H2,1-2H3,(H,31,32). The maximum Gasteiger partial charge on any atom is 0.418 e. The van der Waals surface area contributed by atoms with Crippen LogP contribution in [0.4, 0.5) is 34.1 Å². The maximum atomic E-state index is 13.8. The molecule has 1 heterocycles. The zero-order valence-corrected chi connectivity index (χ0v) is 20.4. The van der Waals surface area contributed by atoms with Crippen molar-refractivity contribution in [3.8, 4) is 0 Å². The molecule has 184 valence electrons. The summed E-state index contributed by atoms with van der Waals surface area (Å²) >= 11 is 1.30. The molecule has 0 atom stereocenters. The summed E-state index contributed by atoms with van der Waals surface area (Å²) in [6.45, 7) is 2.74. The number of alkyl halides is 3. The third-order valence-corrected chi connectivity index (χ3v) is 6.44. The van der Waals surface area contributed by atoms with Crippen LogP contribution in [0.15, 0.2) is 47.8 Å². The molecule has 1 N–H and O–H groups in total. The minimum Gasteiger partial charge on any atom is -0.374 e. The molecule has 2 aromatic carbocycles. The number of nitrogens with one attached hydrogen (secondary N) is 1. The predicted molar refractivity (Wildman–Crippen MR) is 133 cm³/mol. The fraction of sp³-hybridized carbons (Fsp3) is 0.423. The Kier molecular flexibility index (Phi) is 9.33. The van der Waals surface area contributed by atoms with Crippen molar-refractivity contribution in [2.24, 2.45) is 0 Å². The third kappa shape index (κ3) is 7.72. The molecule has 0 spiro atoms. The van der Waals surface area contributed by atoms with Gasteiger partial charge in [0, 0.05) is 36.8 Å². The molecule has 0 aliphatic carbocycles. The Morgan fingerprint density at radius 3 is 2.50 bits per heavy atom. The van der Waals surface area contributed by atoms with Gasteiger partial charge < -0.3 is 10.2 Å². The zero-order chi connectivity index (χ0) is 24.6. The quantitative estimate of drug-likeness (QED) is 0.203. The first-order chi connectivity index (χ1) is 16.3. The van der Waals surface area contributed by atoms with Gasteiger partial charge in [0.05, 0.1) is 11.3 Å². The van der Waals surface area contributed by atoms with Crippen LogP contribution in [0.2, 0.25) is 0 Å². The van der Waals surface area contributed by atoms with Crippen LogP contribution in [-0.2, 0) is 12.6 Å². The molecule has 0 saturated carbocycles. The van der Waals surface area contributed by atoms with E-state index in [9.17, 15) is 17.6 Å². The van der Waals surface area contributed by atoms with Gasteiger partial charge in [0.2, 0.25) is 0 Å². The van der Waals surface area contributed by atoms with Crippen LogP contribution in [-0.4, -0.2) is 18.6 Å². The highest BCUT2D eigenvalue weighted by Crippen LogP contribution is 2.39. The fourth-order valence-electron chi connectivity index (χ4n) is 3.85. The van der Waals surface area contributed by atoms with Crippen LogP contribution in [0, 0.1) is 5.82 Å². The summed E-state index contributed by atoms with van der Waals surface area (Å²) < 4.78 is 54.9. The van der Waals surface area contributed by atoms with Gasteiger partial charge in [0.25, 0.3) is 0 Å². The molecular weight excluding hydrogens is 462 g/mol. The number of nitrogens with zero attached hydrogens (tertiary/aromatic N) is 2. The van der Waals surface area contributed by atoms with E-state index < -0.39 is 11.7 Å². The van der Waals surface area contributed by atoms with Crippen molar-refractivity contribution in [2.75, 3.05) is 23.8 Å². The second-order valence-corrected chi connectivity index (χ2v) is 9.35. The van der Waals surface area contributed by atoms with E-state index in [1.807, 2.05) is 11.4 Å². The predicted octanol–water partition coefficient (Wildman–Crippen LogP) is 8.43. The normalized spacial score (nSPS) is 11.6. The van der Waals surface area contributed by atoms with Crippen LogP contribution >= 0.6 is 11.3 Å². The number of hydrogen-bond donors (Lipinski definition) is 1. The number of benzene rings is 2. The first-order valence-corrected chi connectivity index (χ1v) is 12.5. The monoisotopic (exact) mass is 493 g/mol. The topological polar surface area (TPSA) is 28.2 Å². The average Bonchev–Trinajstić information content (AvgIpc) is 3.22. The summed E-state index contributed by atoms with van der Waals surface area (Å²) in [7, 11) is 1.71. The van der Waals surface area contributed by atoms with Gasteiger partial charge in [-0.15, -0.1) is 11.3 Å². The average molecular weight is 494 g/mol. The van der Waals surface area contributed by atoms with Crippen molar-refractivity contribution in [1.82, 2.24) is 4.98 Å². The minimum absolute atomic E-state index is 0.178. The molecule has 0 saturated heterocycles. The summed E-state index contributed by atoms with van der Waals surface area (Å²) in [6.07, 6.45) is 2.54. The van der Waals surface area contributed by atoms with Gasteiger partial charge in [-0.3, -0.25) is 0 Å². The van der Waals surface area contributed by atoms with Gasteiger partial charge >= 0.3 is 6.18 Å². The van der Waals surface area contributed by atoms with E-state index in [4.69, 9.17) is 0 Å². The molecule has 0 aliphatic heterocycles. The van der Waals surface area contributed by atoms with E-state index in [0.29, 0.717) is 23.8 Å². The Balaban J connectivity index is 1.66. The van der Waals surface area contributed by atoms with Crippen molar-refractivity contribution < 1.29 is 17.6 Å². The lowest BCUT2D eigenvalue weighted by Crippen LogP contribution is -2.22. The number of rotatable bonds is 12. The molecule has 0 fully saturated rings. The van der Waals surface area contributed by atoms with Crippen LogP contribution in [0.3, 0.4) is 0 Å². The number of halogens is 4. The Labute approximate surface area is 202 Å². The molecule has 0 bridgehead atoms. The molecule has 0 unspecified atom stereocenters. The summed E-state index contributed by atoms with van der Waals surface area (Å²) in [5.74, 6) is -0.313. The Hall–Kier alpha value is -2.61. The smallest absolute Gasteiger partial charge is 0.374 e. The van der Waals surface area contributed by atoms with Gasteiger partial charge in [-0.2, -0.15) is 13.2 Å². The summed E-state index contributed by atoms with van der Waals surface area (Å²) in [5, 5.41) is 5.30. The first kappa shape index (κ1) is 26.0. The number of thiazole rings is 1. The number of hydrogen-bond acceptors (Lipinski definition) is 4. The van der Waals surface area contributed by atoms with Crippen molar-refractivity contribution in [1.29, 1.82) is 0 Å². The SMILES string of the molecule is CCCCCCCCN(C)c1ccc(Nc2nc(Cc3cccc(F)c3)cs2)cc1C(F)(F)F. The largest absolute Gasteiger partial charge is 0.418 e. The van der Waals surface area contributed by atoms with Gasteiger partial charge in [0.15, 0.2) is 5.13 Å². The van der Waals surface area contributed by atoms with Crippen molar-refractivity contribution in [3.05, 3.63) is 70.5 Å². The Morgan fingerprint density at radius 2 is 1.76 bits per heavy atom. The van der Waals surface area contributed by atoms with Crippen LogP contribution in [0.5, 0.6) is 0 Å². The van der Waals surface area contributed by atoms with Crippen molar-refractivity contribution in [2.45, 2.75) is 58.0 Å². The molecule has 8 heteroatoms. The highest BCUT2D eigenvalue weighted by molar-refractivity contribution is 7.13. The zero-order valence-electron chi connectivity index (χ0n) is 19.6. The molecular formula is C26H31F4N3S. The molecule has 0 amide bonds. The maximum absolute atomic E-state index is 13.8. The highest BCUT2D eigenvalue weighted by Gasteiger charge is 2.34. The van der Waals surface area contributed by atoms with E-state index >= 15 is 0 Å². The molecule has 0 aliphatic rings. The van der Waals surface area contributed by atoms with E-state index in [-0.39, 0.29) is 11.5 Å². The highest BCUT2D eigenvalue weighted by atomic mass is 32.1. The lowest BCUT2D eigenvalue weighted by molar-refractivity contribution is -0.137. The third-order valence-electron chi connectivity index (χ3n) is 5.64. The number of aromatic nitrogens is 1. The molecule has 34 heavy (non-hydrogen) atoms. The van der Waals surface area contributed by atoms with Crippen LogP contribution in [0.1, 0.15) is 62.3 Å². The summed E-state index contributed by atoms with van der Waals surface area (Å²) in [5.41, 5.74) is 1.36. The summed E-state index contributed by atoms with van der Waals surface area (Å²) in [6, 6.07) is 10.6. The van der Waals surface area contributed by atoms with Crippen molar-refractivity contribution >= 4 is 27.8 Å². The lowest BCUT2D eigenvalue weighted by Gasteiger charge is -2.24. The molecule has 0 radical (unpaired) electrons.